The van der Waals surface area contributed by atoms with Crippen molar-refractivity contribution in [3.8, 4) is 0 Å². The molecule has 21 heavy (non-hydrogen) atoms. The van der Waals surface area contributed by atoms with Crippen molar-refractivity contribution in [2.45, 2.75) is 52.0 Å². The van der Waals surface area contributed by atoms with Crippen molar-refractivity contribution in [3.05, 3.63) is 30.1 Å². The van der Waals surface area contributed by atoms with Crippen LogP contribution in [0.5, 0.6) is 0 Å². The van der Waals surface area contributed by atoms with E-state index in [1.807, 2.05) is 0 Å². The van der Waals surface area contributed by atoms with Crippen LogP contribution in [0.2, 0.25) is 0 Å². The zero-order valence-corrected chi connectivity index (χ0v) is 13.5. The van der Waals surface area contributed by atoms with E-state index in [0.29, 0.717) is 11.5 Å². The highest BCUT2D eigenvalue weighted by molar-refractivity contribution is 5.75. The zero-order valence-electron chi connectivity index (χ0n) is 13.5. The summed E-state index contributed by atoms with van der Waals surface area (Å²) < 4.78 is 2.22. The molecule has 1 heterocycles. The van der Waals surface area contributed by atoms with Crippen LogP contribution in [-0.2, 0) is 7.05 Å². The molecule has 2 aromatic rings. The number of hydrogen-bond acceptors (Lipinski definition) is 2. The van der Waals surface area contributed by atoms with E-state index in [4.69, 9.17) is 4.98 Å². The van der Waals surface area contributed by atoms with Crippen LogP contribution in [0, 0.1) is 5.41 Å². The van der Waals surface area contributed by atoms with Crippen molar-refractivity contribution in [1.29, 1.82) is 0 Å². The van der Waals surface area contributed by atoms with Gasteiger partial charge in [-0.2, -0.15) is 0 Å². The maximum Gasteiger partial charge on any atom is 0.126 e. The van der Waals surface area contributed by atoms with Gasteiger partial charge in [-0.05, 0) is 43.7 Å². The van der Waals surface area contributed by atoms with Crippen molar-refractivity contribution in [1.82, 2.24) is 14.9 Å². The van der Waals surface area contributed by atoms with E-state index in [0.717, 1.165) is 17.9 Å². The van der Waals surface area contributed by atoms with E-state index < -0.39 is 0 Å². The van der Waals surface area contributed by atoms with Crippen molar-refractivity contribution < 1.29 is 0 Å². The molecule has 0 bridgehead atoms. The summed E-state index contributed by atoms with van der Waals surface area (Å²) in [5, 5.41) is 3.75. The molecule has 1 aromatic heterocycles. The molecule has 1 fully saturated rings. The number of para-hydroxylation sites is 2. The molecule has 1 unspecified atom stereocenters. The molecule has 0 amide bonds. The Bertz CT molecular complexity index is 608. The lowest BCUT2D eigenvalue weighted by Crippen LogP contribution is -2.34. The molecule has 1 aliphatic rings. The first-order valence-corrected chi connectivity index (χ1v) is 8.30. The number of fused-ring (bicyclic) bond motifs is 1. The minimum absolute atomic E-state index is 0.298. The number of aryl methyl sites for hydroxylation is 1. The molecule has 1 N–H and O–H groups in total. The maximum absolute atomic E-state index is 4.81. The highest BCUT2D eigenvalue weighted by Crippen LogP contribution is 2.40. The largest absolute Gasteiger partial charge is 0.330 e. The Kier molecular flexibility index (Phi) is 4.03. The number of nitrogens with zero attached hydrogens (tertiary/aromatic N) is 2. The van der Waals surface area contributed by atoms with E-state index in [1.165, 1.54) is 37.6 Å². The second kappa shape index (κ2) is 5.80. The molecule has 1 aliphatic carbocycles. The van der Waals surface area contributed by atoms with Gasteiger partial charge in [0.25, 0.3) is 0 Å². The first kappa shape index (κ1) is 14.6. The van der Waals surface area contributed by atoms with E-state index in [2.05, 4.69) is 55.0 Å². The number of nitrogens with one attached hydrogen (secondary N) is 1. The normalized spacial score (nSPS) is 19.2. The molecule has 3 nitrogen and oxygen atoms in total. The van der Waals surface area contributed by atoms with Gasteiger partial charge in [-0.1, -0.05) is 31.9 Å². The lowest BCUT2D eigenvalue weighted by Gasteiger charge is -2.29. The number of rotatable bonds is 5. The van der Waals surface area contributed by atoms with E-state index >= 15 is 0 Å². The van der Waals surface area contributed by atoms with Crippen molar-refractivity contribution >= 4 is 11.0 Å². The first-order chi connectivity index (χ1) is 10.2. The molecular weight excluding hydrogens is 258 g/mol. The predicted octanol–water partition coefficient (Wildman–Crippen LogP) is 4.19. The predicted molar refractivity (Wildman–Crippen MR) is 88.3 cm³/mol. The maximum atomic E-state index is 4.81. The van der Waals surface area contributed by atoms with Crippen LogP contribution in [0.1, 0.15) is 57.8 Å². The van der Waals surface area contributed by atoms with Gasteiger partial charge in [0.1, 0.15) is 5.82 Å². The van der Waals surface area contributed by atoms with Crippen LogP contribution in [-0.4, -0.2) is 16.1 Å². The zero-order chi connectivity index (χ0) is 14.9. The standard InChI is InChI=1S/C18H27N3/c1-4-18(11-7-8-12-18)13-19-14(2)17-20-15-9-5-6-10-16(15)21(17)3/h5-6,9-10,14,19H,4,7-8,11-13H2,1-3H3. The molecular formula is C18H27N3. The first-order valence-electron chi connectivity index (χ1n) is 8.30. The van der Waals surface area contributed by atoms with E-state index in [9.17, 15) is 0 Å². The van der Waals surface area contributed by atoms with Crippen molar-refractivity contribution in [2.24, 2.45) is 12.5 Å². The third-order valence-electron chi connectivity index (χ3n) is 5.41. The van der Waals surface area contributed by atoms with Crippen LogP contribution < -0.4 is 5.32 Å². The van der Waals surface area contributed by atoms with Crippen LogP contribution in [0.15, 0.2) is 24.3 Å². The summed E-state index contributed by atoms with van der Waals surface area (Å²) in [6, 6.07) is 8.67. The Morgan fingerprint density at radius 2 is 2.00 bits per heavy atom. The third-order valence-corrected chi connectivity index (χ3v) is 5.41. The fourth-order valence-corrected chi connectivity index (χ4v) is 3.79. The van der Waals surface area contributed by atoms with Gasteiger partial charge in [0.05, 0.1) is 17.1 Å². The van der Waals surface area contributed by atoms with Gasteiger partial charge in [0.2, 0.25) is 0 Å². The monoisotopic (exact) mass is 285 g/mol. The smallest absolute Gasteiger partial charge is 0.126 e. The summed E-state index contributed by atoms with van der Waals surface area (Å²) in [6.45, 7) is 5.69. The lowest BCUT2D eigenvalue weighted by atomic mass is 9.83. The summed E-state index contributed by atoms with van der Waals surface area (Å²) in [7, 11) is 2.12. The highest BCUT2D eigenvalue weighted by Gasteiger charge is 2.32. The molecule has 3 heteroatoms. The molecule has 0 saturated heterocycles. The summed E-state index contributed by atoms with van der Waals surface area (Å²) in [5.74, 6) is 1.14. The Morgan fingerprint density at radius 3 is 2.67 bits per heavy atom. The van der Waals surface area contributed by atoms with Crippen LogP contribution in [0.3, 0.4) is 0 Å². The third kappa shape index (κ3) is 2.71. The Balaban J connectivity index is 1.75. The number of aromatic nitrogens is 2. The average molecular weight is 285 g/mol. The number of hydrogen-bond donors (Lipinski definition) is 1. The SMILES string of the molecule is CCC1(CNC(C)c2nc3ccccc3n2C)CCCC1. The topological polar surface area (TPSA) is 29.9 Å². The highest BCUT2D eigenvalue weighted by atomic mass is 15.1. The quantitative estimate of drug-likeness (QED) is 0.892. The molecule has 114 valence electrons. The minimum Gasteiger partial charge on any atom is -0.330 e. The second-order valence-electron chi connectivity index (χ2n) is 6.68. The molecule has 1 aromatic carbocycles. The van der Waals surface area contributed by atoms with Crippen molar-refractivity contribution in [2.75, 3.05) is 6.54 Å². The minimum atomic E-state index is 0.298. The van der Waals surface area contributed by atoms with Gasteiger partial charge < -0.3 is 9.88 Å². The summed E-state index contributed by atoms with van der Waals surface area (Å²) >= 11 is 0. The number of benzene rings is 1. The average Bonchev–Trinajstić information content (AvgIpc) is 3.11. The fourth-order valence-electron chi connectivity index (χ4n) is 3.79. The van der Waals surface area contributed by atoms with Crippen LogP contribution in [0.25, 0.3) is 11.0 Å². The Hall–Kier alpha value is -1.35. The van der Waals surface area contributed by atoms with Crippen LogP contribution >= 0.6 is 0 Å². The van der Waals surface area contributed by atoms with E-state index in [-0.39, 0.29) is 0 Å². The molecule has 1 atom stereocenters. The summed E-state index contributed by atoms with van der Waals surface area (Å²) in [4.78, 5) is 4.81. The Morgan fingerprint density at radius 1 is 1.29 bits per heavy atom. The van der Waals surface area contributed by atoms with Gasteiger partial charge in [0, 0.05) is 13.6 Å². The molecule has 0 spiro atoms. The fraction of sp³-hybridized carbons (Fsp3) is 0.611. The van der Waals surface area contributed by atoms with Crippen LogP contribution in [0.4, 0.5) is 0 Å². The van der Waals surface area contributed by atoms with Gasteiger partial charge in [-0.25, -0.2) is 4.98 Å². The molecule has 0 aliphatic heterocycles. The molecule has 0 radical (unpaired) electrons. The van der Waals surface area contributed by atoms with Gasteiger partial charge in [-0.3, -0.25) is 0 Å². The van der Waals surface area contributed by atoms with Gasteiger partial charge >= 0.3 is 0 Å². The molecule has 1 saturated carbocycles. The second-order valence-corrected chi connectivity index (χ2v) is 6.68. The van der Waals surface area contributed by atoms with Crippen molar-refractivity contribution in [3.63, 3.8) is 0 Å². The van der Waals surface area contributed by atoms with Gasteiger partial charge in [-0.15, -0.1) is 0 Å². The summed E-state index contributed by atoms with van der Waals surface area (Å²) in [5.41, 5.74) is 2.83. The van der Waals surface area contributed by atoms with Gasteiger partial charge in [0.15, 0.2) is 0 Å². The molecule has 3 rings (SSSR count). The summed E-state index contributed by atoms with van der Waals surface area (Å²) in [6.07, 6.45) is 6.85. The Labute approximate surface area is 127 Å². The lowest BCUT2D eigenvalue weighted by molar-refractivity contribution is 0.256. The number of imidazole rings is 1. The van der Waals surface area contributed by atoms with E-state index in [1.54, 1.807) is 0 Å².